The first-order valence-electron chi connectivity index (χ1n) is 6.87. The number of carboxylic acids is 1. The van der Waals surface area contributed by atoms with E-state index in [1.165, 1.54) is 24.4 Å². The maximum absolute atomic E-state index is 12.1. The Kier molecular flexibility index (Phi) is 3.98. The summed E-state index contributed by atoms with van der Waals surface area (Å²) in [5.74, 6) is -3.47. The fraction of sp³-hybridized carbons (Fsp3) is 0. The Morgan fingerprint density at radius 1 is 0.917 bits per heavy atom. The zero-order chi connectivity index (χ0) is 17.1. The Bertz CT molecular complexity index is 968. The predicted molar refractivity (Wildman–Crippen MR) is 82.7 cm³/mol. The molecule has 0 atom stereocenters. The third kappa shape index (κ3) is 2.95. The summed E-state index contributed by atoms with van der Waals surface area (Å²) in [5, 5.41) is 9.87. The van der Waals surface area contributed by atoms with Crippen LogP contribution in [-0.2, 0) is 4.74 Å². The second-order valence-corrected chi connectivity index (χ2v) is 4.77. The van der Waals surface area contributed by atoms with Gasteiger partial charge >= 0.3 is 17.9 Å². The zero-order valence-corrected chi connectivity index (χ0v) is 12.2. The normalized spacial score (nSPS) is 10.3. The maximum Gasteiger partial charge on any atom is 0.365 e. The van der Waals surface area contributed by atoms with E-state index in [0.29, 0.717) is 5.52 Å². The number of para-hydroxylation sites is 1. The van der Waals surface area contributed by atoms with Gasteiger partial charge in [-0.1, -0.05) is 24.3 Å². The highest BCUT2D eigenvalue weighted by molar-refractivity contribution is 6.06. The summed E-state index contributed by atoms with van der Waals surface area (Å²) in [6, 6.07) is 12.8. The van der Waals surface area contributed by atoms with Crippen LogP contribution in [0.5, 0.6) is 0 Å². The van der Waals surface area contributed by atoms with Crippen molar-refractivity contribution < 1.29 is 24.2 Å². The number of carbonyl (C=O) groups excluding carboxylic acids is 2. The molecule has 118 valence electrons. The number of esters is 2. The molecule has 0 aliphatic heterocycles. The minimum atomic E-state index is -1.34. The van der Waals surface area contributed by atoms with Gasteiger partial charge in [0.15, 0.2) is 5.69 Å². The largest absolute Gasteiger partial charge is 0.478 e. The van der Waals surface area contributed by atoms with Gasteiger partial charge in [-0.15, -0.1) is 0 Å². The lowest BCUT2D eigenvalue weighted by Crippen LogP contribution is -2.18. The molecule has 0 aliphatic rings. The molecule has 0 saturated heterocycles. The second kappa shape index (κ2) is 6.25. The molecule has 7 nitrogen and oxygen atoms in total. The molecular formula is C17H10N2O5. The SMILES string of the molecule is O=C(OC(=O)c1ncccc1C(=O)O)c1ccc2ccccc2n1. The van der Waals surface area contributed by atoms with Crippen LogP contribution in [0.1, 0.15) is 31.3 Å². The molecule has 2 aromatic heterocycles. The highest BCUT2D eigenvalue weighted by Crippen LogP contribution is 2.13. The second-order valence-electron chi connectivity index (χ2n) is 4.77. The van der Waals surface area contributed by atoms with Crippen molar-refractivity contribution in [3.63, 3.8) is 0 Å². The Morgan fingerprint density at radius 2 is 1.71 bits per heavy atom. The molecule has 0 fully saturated rings. The zero-order valence-electron chi connectivity index (χ0n) is 12.2. The van der Waals surface area contributed by atoms with Gasteiger partial charge in [0.25, 0.3) is 0 Å². The number of aromatic nitrogens is 2. The van der Waals surface area contributed by atoms with E-state index in [2.05, 4.69) is 9.97 Å². The lowest BCUT2D eigenvalue weighted by atomic mass is 10.2. The van der Waals surface area contributed by atoms with Gasteiger partial charge in [0.1, 0.15) is 5.69 Å². The Balaban J connectivity index is 1.86. The molecule has 0 saturated carbocycles. The monoisotopic (exact) mass is 322 g/mol. The van der Waals surface area contributed by atoms with Gasteiger partial charge in [-0.2, -0.15) is 0 Å². The van der Waals surface area contributed by atoms with Crippen LogP contribution in [-0.4, -0.2) is 33.0 Å². The summed E-state index contributed by atoms with van der Waals surface area (Å²) in [6.45, 7) is 0. The van der Waals surface area contributed by atoms with Gasteiger partial charge in [-0.3, -0.25) is 0 Å². The van der Waals surface area contributed by atoms with E-state index in [9.17, 15) is 14.4 Å². The molecule has 0 spiro atoms. The number of hydrogen-bond donors (Lipinski definition) is 1. The summed E-state index contributed by atoms with van der Waals surface area (Å²) < 4.78 is 4.70. The van der Waals surface area contributed by atoms with E-state index < -0.39 is 23.6 Å². The van der Waals surface area contributed by atoms with E-state index in [4.69, 9.17) is 9.84 Å². The van der Waals surface area contributed by atoms with Crippen molar-refractivity contribution in [2.75, 3.05) is 0 Å². The number of rotatable bonds is 3. The average Bonchev–Trinajstić information content (AvgIpc) is 2.61. The first-order chi connectivity index (χ1) is 11.6. The average molecular weight is 322 g/mol. The first kappa shape index (κ1) is 15.3. The predicted octanol–water partition coefficient (Wildman–Crippen LogP) is 2.33. The number of pyridine rings is 2. The number of nitrogens with zero attached hydrogens (tertiary/aromatic N) is 2. The topological polar surface area (TPSA) is 106 Å². The molecule has 24 heavy (non-hydrogen) atoms. The van der Waals surface area contributed by atoms with Crippen molar-refractivity contribution in [2.24, 2.45) is 0 Å². The smallest absolute Gasteiger partial charge is 0.365 e. The van der Waals surface area contributed by atoms with Crippen LogP contribution in [0.15, 0.2) is 54.7 Å². The number of ether oxygens (including phenoxy) is 1. The van der Waals surface area contributed by atoms with Crippen LogP contribution in [0.3, 0.4) is 0 Å². The number of hydrogen-bond acceptors (Lipinski definition) is 6. The number of aromatic carboxylic acids is 1. The van der Waals surface area contributed by atoms with Gasteiger partial charge in [-0.05, 0) is 24.3 Å². The molecular weight excluding hydrogens is 312 g/mol. The van der Waals surface area contributed by atoms with Crippen molar-refractivity contribution in [3.05, 3.63) is 71.7 Å². The molecule has 0 amide bonds. The lowest BCUT2D eigenvalue weighted by molar-refractivity contribution is 0.0383. The summed E-state index contributed by atoms with van der Waals surface area (Å²) in [4.78, 5) is 43.0. The standard InChI is InChI=1S/C17H10N2O5/c20-15(21)11-5-3-9-18-14(11)17(23)24-16(22)13-8-7-10-4-1-2-6-12(10)19-13/h1-9H,(H,20,21). The van der Waals surface area contributed by atoms with Crippen molar-refractivity contribution in [1.29, 1.82) is 0 Å². The number of fused-ring (bicyclic) bond motifs is 1. The maximum atomic E-state index is 12.1. The molecule has 0 aliphatic carbocycles. The van der Waals surface area contributed by atoms with E-state index >= 15 is 0 Å². The molecule has 7 heteroatoms. The minimum absolute atomic E-state index is 0.0603. The van der Waals surface area contributed by atoms with Crippen LogP contribution in [0.4, 0.5) is 0 Å². The van der Waals surface area contributed by atoms with Gasteiger partial charge < -0.3 is 9.84 Å². The summed E-state index contributed by atoms with van der Waals surface area (Å²) >= 11 is 0. The van der Waals surface area contributed by atoms with Crippen molar-refractivity contribution in [1.82, 2.24) is 9.97 Å². The Morgan fingerprint density at radius 3 is 2.50 bits per heavy atom. The van der Waals surface area contributed by atoms with Gasteiger partial charge in [0.2, 0.25) is 0 Å². The van der Waals surface area contributed by atoms with Gasteiger partial charge in [-0.25, -0.2) is 24.4 Å². The molecule has 3 rings (SSSR count). The quantitative estimate of drug-likeness (QED) is 0.582. The van der Waals surface area contributed by atoms with Crippen molar-refractivity contribution in [2.45, 2.75) is 0 Å². The van der Waals surface area contributed by atoms with Crippen LogP contribution >= 0.6 is 0 Å². The molecule has 0 radical (unpaired) electrons. The molecule has 0 unspecified atom stereocenters. The molecule has 3 aromatic rings. The fourth-order valence-electron chi connectivity index (χ4n) is 2.11. The third-order valence-electron chi connectivity index (χ3n) is 3.22. The summed E-state index contributed by atoms with van der Waals surface area (Å²) in [6.07, 6.45) is 1.24. The van der Waals surface area contributed by atoms with E-state index in [0.717, 1.165) is 5.39 Å². The molecule has 0 bridgehead atoms. The van der Waals surface area contributed by atoms with Crippen molar-refractivity contribution in [3.8, 4) is 0 Å². The highest BCUT2D eigenvalue weighted by atomic mass is 16.6. The van der Waals surface area contributed by atoms with Crippen LogP contribution in [0, 0.1) is 0 Å². The van der Waals surface area contributed by atoms with Crippen LogP contribution in [0.25, 0.3) is 10.9 Å². The Labute approximate surface area is 135 Å². The summed E-state index contributed by atoms with van der Waals surface area (Å²) in [7, 11) is 0. The van der Waals surface area contributed by atoms with Crippen LogP contribution < -0.4 is 0 Å². The van der Waals surface area contributed by atoms with E-state index in [1.807, 2.05) is 12.1 Å². The minimum Gasteiger partial charge on any atom is -0.478 e. The molecule has 2 heterocycles. The lowest BCUT2D eigenvalue weighted by Gasteiger charge is -2.05. The number of benzene rings is 1. The van der Waals surface area contributed by atoms with Crippen molar-refractivity contribution >= 4 is 28.8 Å². The van der Waals surface area contributed by atoms with Gasteiger partial charge in [0.05, 0.1) is 11.1 Å². The van der Waals surface area contributed by atoms with E-state index in [-0.39, 0.29) is 11.3 Å². The van der Waals surface area contributed by atoms with Gasteiger partial charge in [0, 0.05) is 11.6 Å². The molecule has 1 aromatic carbocycles. The number of carboxylic acid groups (broad SMARTS) is 1. The van der Waals surface area contributed by atoms with Crippen LogP contribution in [0.2, 0.25) is 0 Å². The summed E-state index contributed by atoms with van der Waals surface area (Å²) in [5.41, 5.74) is -0.278. The molecule has 1 N–H and O–H groups in total. The Hall–Kier alpha value is -3.61. The third-order valence-corrected chi connectivity index (χ3v) is 3.22. The highest BCUT2D eigenvalue weighted by Gasteiger charge is 2.23. The van der Waals surface area contributed by atoms with E-state index in [1.54, 1.807) is 18.2 Å². The number of carbonyl (C=O) groups is 3. The first-order valence-corrected chi connectivity index (χ1v) is 6.87. The fourth-order valence-corrected chi connectivity index (χ4v) is 2.11.